The Balaban J connectivity index is 1.80. The Kier molecular flexibility index (Phi) is 4.21. The molecule has 1 aromatic carbocycles. The van der Waals surface area contributed by atoms with Gasteiger partial charge in [0.15, 0.2) is 5.82 Å². The molecular weight excluding hydrogens is 319 g/mol. The molecule has 0 radical (unpaired) electrons. The van der Waals surface area contributed by atoms with Gasteiger partial charge in [-0.25, -0.2) is 0 Å². The summed E-state index contributed by atoms with van der Waals surface area (Å²) in [6.45, 7) is 1.78. The summed E-state index contributed by atoms with van der Waals surface area (Å²) in [5, 5.41) is 3.96. The van der Waals surface area contributed by atoms with Gasteiger partial charge in [0, 0.05) is 6.08 Å². The summed E-state index contributed by atoms with van der Waals surface area (Å²) in [5.74, 6) is 0.797. The summed E-state index contributed by atoms with van der Waals surface area (Å²) in [6.07, 6.45) is 1.05. The van der Waals surface area contributed by atoms with Crippen molar-refractivity contribution in [2.45, 2.75) is 44.3 Å². The average molecular weight is 337 g/mol. The zero-order chi connectivity index (χ0) is 17.4. The van der Waals surface area contributed by atoms with Gasteiger partial charge in [-0.3, -0.25) is 0 Å². The van der Waals surface area contributed by atoms with Crippen molar-refractivity contribution in [1.29, 1.82) is 0 Å². The Morgan fingerprint density at radius 2 is 1.83 bits per heavy atom. The van der Waals surface area contributed by atoms with Gasteiger partial charge in [0.1, 0.15) is 0 Å². The number of nitrogens with two attached hydrogens (primary N) is 1. The molecule has 1 aliphatic carbocycles. The monoisotopic (exact) mass is 337 g/mol. The van der Waals surface area contributed by atoms with Crippen molar-refractivity contribution < 1.29 is 17.7 Å². The summed E-state index contributed by atoms with van der Waals surface area (Å²) in [4.78, 5) is 4.33. The number of hydrogen-bond donors (Lipinski definition) is 1. The van der Waals surface area contributed by atoms with E-state index in [0.717, 1.165) is 43.4 Å². The first-order valence-electron chi connectivity index (χ1n) is 7.77. The second-order valence-corrected chi connectivity index (χ2v) is 6.22. The van der Waals surface area contributed by atoms with Crippen LogP contribution in [0, 0.1) is 0 Å². The fourth-order valence-corrected chi connectivity index (χ4v) is 2.92. The first-order valence-corrected chi connectivity index (χ1v) is 7.77. The fraction of sp³-hybridized carbons (Fsp3) is 0.412. The van der Waals surface area contributed by atoms with E-state index < -0.39 is 17.3 Å². The van der Waals surface area contributed by atoms with E-state index in [2.05, 4.69) is 10.1 Å². The molecule has 1 fully saturated rings. The molecule has 0 unspecified atom stereocenters. The molecule has 1 saturated carbocycles. The van der Waals surface area contributed by atoms with Gasteiger partial charge in [-0.05, 0) is 43.0 Å². The van der Waals surface area contributed by atoms with Gasteiger partial charge in [0.2, 0.25) is 0 Å². The SMILES string of the molecule is C/C(=C/c1nc(C2(N)CCCC2)no1)c1ccc(C(F)(F)F)cc1. The van der Waals surface area contributed by atoms with E-state index in [-0.39, 0.29) is 0 Å². The number of rotatable bonds is 3. The minimum Gasteiger partial charge on any atom is -0.335 e. The Bertz CT molecular complexity index is 741. The molecule has 0 amide bonds. The van der Waals surface area contributed by atoms with Gasteiger partial charge in [0.05, 0.1) is 11.1 Å². The van der Waals surface area contributed by atoms with Gasteiger partial charge in [-0.15, -0.1) is 0 Å². The molecule has 3 rings (SSSR count). The standard InChI is InChI=1S/C17H18F3N3O/c1-11(12-4-6-13(7-5-12)17(18,19)20)10-14-22-15(23-24-14)16(21)8-2-3-9-16/h4-7,10H,2-3,8-9,21H2,1H3/b11-10-. The highest BCUT2D eigenvalue weighted by Crippen LogP contribution is 2.35. The fourth-order valence-electron chi connectivity index (χ4n) is 2.92. The number of alkyl halides is 3. The average Bonchev–Trinajstić information content (AvgIpc) is 3.17. The van der Waals surface area contributed by atoms with Crippen molar-refractivity contribution in [3.8, 4) is 0 Å². The van der Waals surface area contributed by atoms with E-state index in [0.29, 0.717) is 17.3 Å². The van der Waals surface area contributed by atoms with Gasteiger partial charge >= 0.3 is 6.18 Å². The Hall–Kier alpha value is -2.15. The lowest BCUT2D eigenvalue weighted by Gasteiger charge is -2.17. The van der Waals surface area contributed by atoms with E-state index in [9.17, 15) is 13.2 Å². The Morgan fingerprint density at radius 1 is 1.21 bits per heavy atom. The molecule has 0 spiro atoms. The number of allylic oxidation sites excluding steroid dienone is 1. The lowest BCUT2D eigenvalue weighted by atomic mass is 9.99. The van der Waals surface area contributed by atoms with Crippen LogP contribution in [0.3, 0.4) is 0 Å². The summed E-state index contributed by atoms with van der Waals surface area (Å²) < 4.78 is 43.0. The molecule has 1 aromatic heterocycles. The highest BCUT2D eigenvalue weighted by Gasteiger charge is 2.35. The zero-order valence-corrected chi connectivity index (χ0v) is 13.2. The molecule has 1 heterocycles. The third-order valence-electron chi connectivity index (χ3n) is 4.39. The van der Waals surface area contributed by atoms with Crippen LogP contribution in [0.5, 0.6) is 0 Å². The topological polar surface area (TPSA) is 64.9 Å². The van der Waals surface area contributed by atoms with Crippen molar-refractivity contribution in [1.82, 2.24) is 10.1 Å². The third-order valence-corrected chi connectivity index (χ3v) is 4.39. The number of nitrogens with zero attached hydrogens (tertiary/aromatic N) is 2. The van der Waals surface area contributed by atoms with Crippen LogP contribution in [0.1, 0.15) is 55.4 Å². The van der Waals surface area contributed by atoms with Gasteiger partial charge in [-0.2, -0.15) is 18.2 Å². The van der Waals surface area contributed by atoms with Crippen molar-refractivity contribution in [3.05, 3.63) is 47.1 Å². The molecular formula is C17H18F3N3O. The first-order chi connectivity index (χ1) is 11.3. The number of hydrogen-bond acceptors (Lipinski definition) is 4. The predicted octanol–water partition coefficient (Wildman–Crippen LogP) is 4.38. The highest BCUT2D eigenvalue weighted by molar-refractivity contribution is 5.77. The minimum atomic E-state index is -4.34. The quantitative estimate of drug-likeness (QED) is 0.903. The van der Waals surface area contributed by atoms with Crippen LogP contribution in [-0.4, -0.2) is 10.1 Å². The summed E-state index contributed by atoms with van der Waals surface area (Å²) in [7, 11) is 0. The van der Waals surface area contributed by atoms with E-state index in [4.69, 9.17) is 10.3 Å². The van der Waals surface area contributed by atoms with Gasteiger partial charge in [0.25, 0.3) is 5.89 Å². The molecule has 0 aliphatic heterocycles. The minimum absolute atomic E-state index is 0.305. The lowest BCUT2D eigenvalue weighted by Crippen LogP contribution is -2.34. The largest absolute Gasteiger partial charge is 0.416 e. The lowest BCUT2D eigenvalue weighted by molar-refractivity contribution is -0.137. The first kappa shape index (κ1) is 16.7. The van der Waals surface area contributed by atoms with Gasteiger partial charge in [-0.1, -0.05) is 30.1 Å². The van der Waals surface area contributed by atoms with Crippen molar-refractivity contribution in [3.63, 3.8) is 0 Å². The molecule has 0 atom stereocenters. The molecule has 2 N–H and O–H groups in total. The third kappa shape index (κ3) is 3.36. The molecule has 24 heavy (non-hydrogen) atoms. The zero-order valence-electron chi connectivity index (χ0n) is 13.2. The maximum Gasteiger partial charge on any atom is 0.416 e. The normalized spacial score (nSPS) is 18.1. The smallest absolute Gasteiger partial charge is 0.335 e. The maximum atomic E-state index is 12.6. The van der Waals surface area contributed by atoms with Crippen LogP contribution in [0.25, 0.3) is 11.6 Å². The van der Waals surface area contributed by atoms with Crippen LogP contribution in [-0.2, 0) is 11.7 Å². The van der Waals surface area contributed by atoms with Crippen molar-refractivity contribution in [2.75, 3.05) is 0 Å². The highest BCUT2D eigenvalue weighted by atomic mass is 19.4. The summed E-state index contributed by atoms with van der Waals surface area (Å²) in [6, 6.07) is 4.96. The van der Waals surface area contributed by atoms with Crippen LogP contribution >= 0.6 is 0 Å². The van der Waals surface area contributed by atoms with Crippen molar-refractivity contribution in [2.24, 2.45) is 5.73 Å². The molecule has 1 aliphatic rings. The van der Waals surface area contributed by atoms with Crippen LogP contribution in [0.15, 0.2) is 28.8 Å². The molecule has 0 bridgehead atoms. The van der Waals surface area contributed by atoms with Crippen LogP contribution in [0.2, 0.25) is 0 Å². The second-order valence-electron chi connectivity index (χ2n) is 6.22. The molecule has 128 valence electrons. The number of benzene rings is 1. The van der Waals surface area contributed by atoms with Crippen LogP contribution < -0.4 is 5.73 Å². The van der Waals surface area contributed by atoms with E-state index in [1.165, 1.54) is 12.1 Å². The molecule has 0 saturated heterocycles. The summed E-state index contributed by atoms with van der Waals surface area (Å²) >= 11 is 0. The summed E-state index contributed by atoms with van der Waals surface area (Å²) in [5.41, 5.74) is 6.47. The second kappa shape index (κ2) is 6.05. The Labute approximate surface area is 137 Å². The Morgan fingerprint density at radius 3 is 2.42 bits per heavy atom. The number of halogens is 3. The van der Waals surface area contributed by atoms with E-state index >= 15 is 0 Å². The number of aromatic nitrogens is 2. The molecule has 2 aromatic rings. The van der Waals surface area contributed by atoms with E-state index in [1.807, 2.05) is 0 Å². The molecule has 4 nitrogen and oxygen atoms in total. The molecule has 7 heteroatoms. The van der Waals surface area contributed by atoms with Crippen molar-refractivity contribution >= 4 is 11.6 Å². The van der Waals surface area contributed by atoms with Crippen LogP contribution in [0.4, 0.5) is 13.2 Å². The predicted molar refractivity (Wildman–Crippen MR) is 83.6 cm³/mol. The van der Waals surface area contributed by atoms with Gasteiger partial charge < -0.3 is 10.3 Å². The van der Waals surface area contributed by atoms with E-state index in [1.54, 1.807) is 13.0 Å². The maximum absolute atomic E-state index is 12.6.